The third-order valence-electron chi connectivity index (χ3n) is 2.02. The normalized spacial score (nSPS) is 40.1. The maximum atomic E-state index is 9.94. The molecular formula is C7H13N3O2. The lowest BCUT2D eigenvalue weighted by molar-refractivity contribution is -0.271. The summed E-state index contributed by atoms with van der Waals surface area (Å²) in [6.45, 7) is 2.75. The van der Waals surface area contributed by atoms with E-state index < -0.39 is 6.03 Å². The minimum Gasteiger partial charge on any atom is -0.438 e. The Bertz CT molecular complexity index is 252. The summed E-state index contributed by atoms with van der Waals surface area (Å²) in [5.74, 6) is 0. The molecule has 12 heavy (non-hydrogen) atoms. The quantitative estimate of drug-likeness (QED) is 0.454. The number of hydrogen-bond acceptors (Lipinski definition) is 5. The van der Waals surface area contributed by atoms with Crippen molar-refractivity contribution >= 4 is 0 Å². The van der Waals surface area contributed by atoms with Crippen molar-refractivity contribution in [3.63, 3.8) is 0 Å². The molecule has 1 unspecified atom stereocenters. The lowest BCUT2D eigenvalue weighted by Gasteiger charge is -2.37. The first-order valence-corrected chi connectivity index (χ1v) is 3.95. The fourth-order valence-electron chi connectivity index (χ4n) is 1.34. The standard InChI is InChI=1S/C7H13N3O2/c11-7(9-3-6-12-7)10-4-1-8-2-5-10/h3,6,8-9,11H,1-2,4-5H2/i3D,6D. The Morgan fingerprint density at radius 2 is 2.33 bits per heavy atom. The van der Waals surface area contributed by atoms with E-state index in [0.717, 1.165) is 13.1 Å². The van der Waals surface area contributed by atoms with Gasteiger partial charge in [-0.3, -0.25) is 0 Å². The van der Waals surface area contributed by atoms with Crippen LogP contribution < -0.4 is 10.6 Å². The summed E-state index contributed by atoms with van der Waals surface area (Å²) in [5.41, 5.74) is 0. The van der Waals surface area contributed by atoms with Crippen molar-refractivity contribution in [1.29, 1.82) is 0 Å². The molecule has 1 fully saturated rings. The molecule has 5 nitrogen and oxygen atoms in total. The van der Waals surface area contributed by atoms with E-state index in [1.807, 2.05) is 0 Å². The van der Waals surface area contributed by atoms with E-state index in [1.165, 1.54) is 0 Å². The van der Waals surface area contributed by atoms with Crippen LogP contribution in [-0.2, 0) is 4.74 Å². The van der Waals surface area contributed by atoms with E-state index >= 15 is 0 Å². The zero-order valence-electron chi connectivity index (χ0n) is 8.63. The average molecular weight is 173 g/mol. The summed E-state index contributed by atoms with van der Waals surface area (Å²) in [7, 11) is 0. The molecule has 0 aromatic rings. The summed E-state index contributed by atoms with van der Waals surface area (Å²) >= 11 is 0. The number of ether oxygens (including phenoxy) is 1. The summed E-state index contributed by atoms with van der Waals surface area (Å²) in [4.78, 5) is 1.65. The minimum atomic E-state index is -1.70. The van der Waals surface area contributed by atoms with Crippen molar-refractivity contribution in [2.45, 2.75) is 6.03 Å². The largest absolute Gasteiger partial charge is 0.438 e. The Kier molecular flexibility index (Phi) is 1.42. The van der Waals surface area contributed by atoms with Crippen molar-refractivity contribution in [3.05, 3.63) is 12.4 Å². The van der Waals surface area contributed by atoms with Gasteiger partial charge in [-0.25, -0.2) is 4.90 Å². The van der Waals surface area contributed by atoms with Crippen molar-refractivity contribution in [2.24, 2.45) is 0 Å². The third-order valence-corrected chi connectivity index (χ3v) is 2.02. The molecule has 2 heterocycles. The second-order valence-electron chi connectivity index (χ2n) is 2.80. The highest BCUT2D eigenvalue weighted by molar-refractivity contribution is 4.87. The van der Waals surface area contributed by atoms with Crippen LogP contribution >= 0.6 is 0 Å². The van der Waals surface area contributed by atoms with E-state index in [2.05, 4.69) is 10.6 Å². The molecular weight excluding hydrogens is 158 g/mol. The van der Waals surface area contributed by atoms with Crippen LogP contribution in [0.2, 0.25) is 0 Å². The summed E-state index contributed by atoms with van der Waals surface area (Å²) < 4.78 is 19.4. The lowest BCUT2D eigenvalue weighted by Crippen LogP contribution is -2.61. The van der Waals surface area contributed by atoms with E-state index in [0.29, 0.717) is 13.1 Å². The number of nitrogens with one attached hydrogen (secondary N) is 2. The van der Waals surface area contributed by atoms with Gasteiger partial charge >= 0.3 is 6.03 Å². The van der Waals surface area contributed by atoms with E-state index in [9.17, 15) is 5.11 Å². The predicted octanol–water partition coefficient (Wildman–Crippen LogP) is -1.41. The van der Waals surface area contributed by atoms with Gasteiger partial charge in [0.2, 0.25) is 0 Å². The molecule has 2 aliphatic heterocycles. The Morgan fingerprint density at radius 3 is 2.92 bits per heavy atom. The highest BCUT2D eigenvalue weighted by Crippen LogP contribution is 2.15. The Labute approximate surface area is 73.8 Å². The molecule has 0 aromatic carbocycles. The van der Waals surface area contributed by atoms with Crippen LogP contribution in [0, 0.1) is 0 Å². The van der Waals surface area contributed by atoms with Crippen molar-refractivity contribution in [1.82, 2.24) is 15.5 Å². The fourth-order valence-corrected chi connectivity index (χ4v) is 1.34. The first-order chi connectivity index (χ1) is 6.62. The van der Waals surface area contributed by atoms with E-state index in [-0.39, 0.29) is 12.4 Å². The highest BCUT2D eigenvalue weighted by atomic mass is 16.7. The van der Waals surface area contributed by atoms with E-state index in [4.69, 9.17) is 7.48 Å². The van der Waals surface area contributed by atoms with Crippen molar-refractivity contribution < 1.29 is 12.6 Å². The topological polar surface area (TPSA) is 56.8 Å². The number of nitrogens with zero attached hydrogens (tertiary/aromatic N) is 1. The van der Waals surface area contributed by atoms with Crippen LogP contribution in [0.1, 0.15) is 2.74 Å². The molecule has 0 spiro atoms. The number of hydrogen-bond donors (Lipinski definition) is 3. The third kappa shape index (κ3) is 1.26. The van der Waals surface area contributed by atoms with Crippen LogP contribution in [0.3, 0.4) is 0 Å². The SMILES string of the molecule is [2H]C1=C([2H])OC(O)(N2CCNCC2)N1. The molecule has 2 rings (SSSR count). The minimum absolute atomic E-state index is 0.189. The molecule has 0 aromatic heterocycles. The maximum absolute atomic E-state index is 9.94. The number of piperazine rings is 1. The van der Waals surface area contributed by atoms with Crippen LogP contribution in [-0.4, -0.2) is 42.2 Å². The highest BCUT2D eigenvalue weighted by Gasteiger charge is 2.38. The van der Waals surface area contributed by atoms with Crippen molar-refractivity contribution in [3.8, 4) is 0 Å². The van der Waals surface area contributed by atoms with Crippen LogP contribution in [0.15, 0.2) is 12.4 Å². The van der Waals surface area contributed by atoms with Gasteiger partial charge in [-0.05, 0) is 0 Å². The second kappa shape index (κ2) is 2.93. The lowest BCUT2D eigenvalue weighted by atomic mass is 10.4. The molecule has 0 aliphatic carbocycles. The van der Waals surface area contributed by atoms with Gasteiger partial charge in [-0.15, -0.1) is 0 Å². The molecule has 3 N–H and O–H groups in total. The van der Waals surface area contributed by atoms with Gasteiger partial charge in [-0.2, -0.15) is 0 Å². The molecule has 68 valence electrons. The summed E-state index contributed by atoms with van der Waals surface area (Å²) in [6, 6.07) is -1.70. The van der Waals surface area contributed by atoms with Crippen molar-refractivity contribution in [2.75, 3.05) is 26.2 Å². The summed E-state index contributed by atoms with van der Waals surface area (Å²) in [6.07, 6.45) is -0.517. The first-order valence-electron chi connectivity index (χ1n) is 4.95. The predicted molar refractivity (Wildman–Crippen MR) is 42.8 cm³/mol. The van der Waals surface area contributed by atoms with Crippen LogP contribution in [0.4, 0.5) is 0 Å². The number of rotatable bonds is 1. The van der Waals surface area contributed by atoms with Gasteiger partial charge in [-0.1, -0.05) is 0 Å². The Morgan fingerprint density at radius 1 is 1.58 bits per heavy atom. The van der Waals surface area contributed by atoms with Gasteiger partial charge < -0.3 is 20.5 Å². The smallest absolute Gasteiger partial charge is 0.359 e. The monoisotopic (exact) mass is 173 g/mol. The second-order valence-corrected chi connectivity index (χ2v) is 2.80. The zero-order chi connectivity index (χ0) is 10.2. The van der Waals surface area contributed by atoms with Gasteiger partial charge in [0.25, 0.3) is 0 Å². The first kappa shape index (κ1) is 5.80. The fraction of sp³-hybridized carbons (Fsp3) is 0.714. The number of aliphatic hydroxyl groups is 1. The maximum Gasteiger partial charge on any atom is 0.359 e. The van der Waals surface area contributed by atoms with Crippen LogP contribution in [0.5, 0.6) is 0 Å². The molecule has 0 radical (unpaired) electrons. The van der Waals surface area contributed by atoms with E-state index in [1.54, 1.807) is 4.90 Å². The molecule has 5 heteroatoms. The van der Waals surface area contributed by atoms with Gasteiger partial charge in [0, 0.05) is 32.4 Å². The molecule has 1 atom stereocenters. The summed E-state index contributed by atoms with van der Waals surface area (Å²) in [5, 5.41) is 15.5. The van der Waals surface area contributed by atoms with Crippen LogP contribution in [0.25, 0.3) is 0 Å². The van der Waals surface area contributed by atoms with Gasteiger partial charge in [0.1, 0.15) is 7.61 Å². The molecule has 2 aliphatic rings. The molecule has 0 bridgehead atoms. The molecule has 0 saturated carbocycles. The Balaban J connectivity index is 2.04. The van der Waals surface area contributed by atoms with Gasteiger partial charge in [0.15, 0.2) is 0 Å². The average Bonchev–Trinajstić information content (AvgIpc) is 2.44. The molecule has 1 saturated heterocycles. The Hall–Kier alpha value is -0.780. The molecule has 0 amide bonds. The van der Waals surface area contributed by atoms with Gasteiger partial charge in [0.05, 0.1) is 1.37 Å². The zero-order valence-corrected chi connectivity index (χ0v) is 6.63.